The SMILES string of the molecule is C\C=C(F)/C(/C=C\PC)=C\C(=CCCC)C(C)(C)C. The first kappa shape index (κ1) is 18.3. The molecule has 2 heteroatoms. The van der Waals surface area contributed by atoms with Crippen molar-refractivity contribution in [3.05, 3.63) is 47.1 Å². The summed E-state index contributed by atoms with van der Waals surface area (Å²) in [5.74, 6) is 1.87. The third kappa shape index (κ3) is 7.47. The van der Waals surface area contributed by atoms with Crippen LogP contribution in [0.15, 0.2) is 47.1 Å². The quantitative estimate of drug-likeness (QED) is 0.391. The smallest absolute Gasteiger partial charge is 0.126 e. The van der Waals surface area contributed by atoms with Crippen LogP contribution >= 0.6 is 8.58 Å². The van der Waals surface area contributed by atoms with Crippen molar-refractivity contribution >= 4 is 8.58 Å². The molecule has 0 aliphatic carbocycles. The van der Waals surface area contributed by atoms with E-state index in [1.807, 2.05) is 18.0 Å². The number of hydrogen-bond donors (Lipinski definition) is 0. The van der Waals surface area contributed by atoms with Crippen LogP contribution in [0.1, 0.15) is 47.5 Å². The highest BCUT2D eigenvalue weighted by molar-refractivity contribution is 7.40. The van der Waals surface area contributed by atoms with E-state index in [-0.39, 0.29) is 11.2 Å². The fourth-order valence-corrected chi connectivity index (χ4v) is 1.93. The molecule has 0 aromatic rings. The third-order valence-corrected chi connectivity index (χ3v) is 3.29. The number of hydrogen-bond acceptors (Lipinski definition) is 0. The molecule has 1 unspecified atom stereocenters. The van der Waals surface area contributed by atoms with Crippen molar-refractivity contribution in [2.24, 2.45) is 5.41 Å². The summed E-state index contributed by atoms with van der Waals surface area (Å²) in [5, 5.41) is 0. The van der Waals surface area contributed by atoms with Gasteiger partial charge < -0.3 is 0 Å². The standard InChI is InChI=1S/C17H28FP/c1-7-9-10-15(17(3,4)5)13-14(11-12-19-6)16(18)8-2/h8,10-13,19H,7,9H2,1-6H3/b12-11-,14-13-,15-10?,16-8+. The Balaban J connectivity index is 5.52. The van der Waals surface area contributed by atoms with Gasteiger partial charge in [-0.2, -0.15) is 0 Å². The number of halogens is 1. The summed E-state index contributed by atoms with van der Waals surface area (Å²) in [6, 6.07) is 0. The van der Waals surface area contributed by atoms with Gasteiger partial charge in [-0.05, 0) is 37.1 Å². The number of rotatable bonds is 6. The van der Waals surface area contributed by atoms with E-state index in [9.17, 15) is 4.39 Å². The summed E-state index contributed by atoms with van der Waals surface area (Å²) in [6.45, 7) is 12.5. The Kier molecular flexibility index (Phi) is 8.93. The van der Waals surface area contributed by atoms with Crippen molar-refractivity contribution in [2.75, 3.05) is 6.66 Å². The molecular formula is C17H28FP. The highest BCUT2D eigenvalue weighted by Gasteiger charge is 2.15. The van der Waals surface area contributed by atoms with Gasteiger partial charge in [0.1, 0.15) is 5.83 Å². The molecule has 0 spiro atoms. The maximum Gasteiger partial charge on any atom is 0.126 e. The van der Waals surface area contributed by atoms with Crippen molar-refractivity contribution in [1.82, 2.24) is 0 Å². The van der Waals surface area contributed by atoms with Crippen molar-refractivity contribution in [3.8, 4) is 0 Å². The number of allylic oxidation sites excluding steroid dienone is 7. The molecule has 0 rings (SSSR count). The zero-order valence-corrected chi connectivity index (χ0v) is 14.2. The van der Waals surface area contributed by atoms with Gasteiger partial charge in [0.15, 0.2) is 0 Å². The molecule has 0 nitrogen and oxygen atoms in total. The van der Waals surface area contributed by atoms with Gasteiger partial charge in [0.2, 0.25) is 0 Å². The Morgan fingerprint density at radius 3 is 2.32 bits per heavy atom. The van der Waals surface area contributed by atoms with Gasteiger partial charge >= 0.3 is 0 Å². The fourth-order valence-electron chi connectivity index (χ4n) is 1.59. The molecule has 0 amide bonds. The van der Waals surface area contributed by atoms with Crippen LogP contribution in [-0.4, -0.2) is 6.66 Å². The van der Waals surface area contributed by atoms with Crippen molar-refractivity contribution in [2.45, 2.75) is 47.5 Å². The van der Waals surface area contributed by atoms with E-state index in [1.54, 1.807) is 6.92 Å². The topological polar surface area (TPSA) is 0 Å². The maximum atomic E-state index is 13.9. The van der Waals surface area contributed by atoms with Crippen molar-refractivity contribution in [3.63, 3.8) is 0 Å². The first-order chi connectivity index (χ1) is 8.86. The first-order valence-electron chi connectivity index (χ1n) is 6.95. The average Bonchev–Trinajstić information content (AvgIpc) is 2.35. The molecule has 0 heterocycles. The highest BCUT2D eigenvalue weighted by Crippen LogP contribution is 2.30. The van der Waals surface area contributed by atoms with Crippen LogP contribution in [0.4, 0.5) is 4.39 Å². The van der Waals surface area contributed by atoms with Gasteiger partial charge in [-0.15, -0.1) is 8.58 Å². The lowest BCUT2D eigenvalue weighted by Gasteiger charge is -2.21. The van der Waals surface area contributed by atoms with E-state index >= 15 is 0 Å². The van der Waals surface area contributed by atoms with Crippen LogP contribution in [0.5, 0.6) is 0 Å². The molecule has 0 bridgehead atoms. The van der Waals surface area contributed by atoms with Crippen molar-refractivity contribution in [1.29, 1.82) is 0 Å². The van der Waals surface area contributed by atoms with Crippen LogP contribution in [0, 0.1) is 5.41 Å². The van der Waals surface area contributed by atoms with Crippen LogP contribution in [0.3, 0.4) is 0 Å². The van der Waals surface area contributed by atoms with Crippen LogP contribution in [0.25, 0.3) is 0 Å². The van der Waals surface area contributed by atoms with Crippen LogP contribution in [-0.2, 0) is 0 Å². The molecule has 1 atom stereocenters. The summed E-state index contributed by atoms with van der Waals surface area (Å²) in [6.07, 6.45) is 9.77. The van der Waals surface area contributed by atoms with Crippen LogP contribution in [0.2, 0.25) is 0 Å². The summed E-state index contributed by atoms with van der Waals surface area (Å²) >= 11 is 0. The van der Waals surface area contributed by atoms with E-state index in [0.29, 0.717) is 14.2 Å². The van der Waals surface area contributed by atoms with E-state index in [2.05, 4.69) is 40.4 Å². The molecule has 0 aliphatic heterocycles. The average molecular weight is 282 g/mol. The molecule has 0 aromatic carbocycles. The second-order valence-electron chi connectivity index (χ2n) is 5.56. The van der Waals surface area contributed by atoms with Gasteiger partial charge in [0.05, 0.1) is 0 Å². The molecule has 19 heavy (non-hydrogen) atoms. The van der Waals surface area contributed by atoms with Gasteiger partial charge in [-0.25, -0.2) is 4.39 Å². The first-order valence-corrected chi connectivity index (χ1v) is 8.52. The predicted octanol–water partition coefficient (Wildman–Crippen LogP) is 6.38. The lowest BCUT2D eigenvalue weighted by atomic mass is 9.84. The summed E-state index contributed by atoms with van der Waals surface area (Å²) in [4.78, 5) is 0. The van der Waals surface area contributed by atoms with Gasteiger partial charge in [-0.3, -0.25) is 0 Å². The Bertz CT molecular complexity index is 379. The summed E-state index contributed by atoms with van der Waals surface area (Å²) in [5.41, 5.74) is 1.91. The molecule has 0 radical (unpaired) electrons. The maximum absolute atomic E-state index is 13.9. The molecule has 0 N–H and O–H groups in total. The highest BCUT2D eigenvalue weighted by atomic mass is 31.1. The normalized spacial score (nSPS) is 16.1. The molecule has 0 saturated carbocycles. The van der Waals surface area contributed by atoms with E-state index in [0.717, 1.165) is 12.8 Å². The lowest BCUT2D eigenvalue weighted by Crippen LogP contribution is -2.08. The number of unbranched alkanes of at least 4 members (excludes halogenated alkanes) is 1. The molecule has 0 aromatic heterocycles. The summed E-state index contributed by atoms with van der Waals surface area (Å²) < 4.78 is 13.9. The minimum atomic E-state index is -0.152. The van der Waals surface area contributed by atoms with Gasteiger partial charge in [-0.1, -0.05) is 58.2 Å². The Hall–Kier alpha value is -0.680. The minimum Gasteiger partial charge on any atom is -0.207 e. The monoisotopic (exact) mass is 282 g/mol. The van der Waals surface area contributed by atoms with E-state index in [4.69, 9.17) is 0 Å². The van der Waals surface area contributed by atoms with E-state index in [1.165, 1.54) is 11.6 Å². The second-order valence-corrected chi connectivity index (χ2v) is 6.47. The Labute approximate surface area is 120 Å². The second kappa shape index (κ2) is 9.26. The van der Waals surface area contributed by atoms with E-state index < -0.39 is 0 Å². The zero-order valence-electron chi connectivity index (χ0n) is 13.2. The largest absolute Gasteiger partial charge is 0.207 e. The summed E-state index contributed by atoms with van der Waals surface area (Å²) in [7, 11) is 0.694. The van der Waals surface area contributed by atoms with Crippen molar-refractivity contribution < 1.29 is 4.39 Å². The third-order valence-electron chi connectivity index (χ3n) is 2.79. The molecule has 108 valence electrons. The minimum absolute atomic E-state index is 0.0385. The van der Waals surface area contributed by atoms with Gasteiger partial charge in [0, 0.05) is 5.57 Å². The van der Waals surface area contributed by atoms with Gasteiger partial charge in [0.25, 0.3) is 0 Å². The fraction of sp³-hybridized carbons (Fsp3) is 0.529. The lowest BCUT2D eigenvalue weighted by molar-refractivity contribution is 0.513. The van der Waals surface area contributed by atoms with Crippen LogP contribution < -0.4 is 0 Å². The Morgan fingerprint density at radius 1 is 1.26 bits per heavy atom. The predicted molar refractivity (Wildman–Crippen MR) is 88.8 cm³/mol. The Morgan fingerprint density at radius 2 is 1.89 bits per heavy atom. The molecule has 0 fully saturated rings. The molecular weight excluding hydrogens is 254 g/mol. The molecule has 0 aliphatic rings. The zero-order chi connectivity index (χ0) is 14.9. The molecule has 0 saturated heterocycles.